The lowest BCUT2D eigenvalue weighted by molar-refractivity contribution is -0.139. The predicted molar refractivity (Wildman–Crippen MR) is 99.7 cm³/mol. The molecule has 10 nitrogen and oxygen atoms in total. The second-order valence-corrected chi connectivity index (χ2v) is 7.39. The van der Waals surface area contributed by atoms with E-state index in [0.29, 0.717) is 30.8 Å². The third kappa shape index (κ3) is 3.78. The molecule has 1 saturated heterocycles. The van der Waals surface area contributed by atoms with Crippen LogP contribution in [0.5, 0.6) is 11.5 Å². The van der Waals surface area contributed by atoms with E-state index in [4.69, 9.17) is 4.74 Å². The van der Waals surface area contributed by atoms with Crippen LogP contribution in [0.3, 0.4) is 0 Å². The highest BCUT2D eigenvalue weighted by Gasteiger charge is 2.48. The number of ether oxygens (including phenoxy) is 1. The number of H-pyrrole nitrogens is 1. The molecule has 2 heterocycles. The number of carbonyl (C=O) groups is 2. The second-order valence-electron chi connectivity index (χ2n) is 7.39. The van der Waals surface area contributed by atoms with E-state index < -0.39 is 24.7 Å². The van der Waals surface area contributed by atoms with Crippen LogP contribution in [0.4, 0.5) is 0 Å². The third-order valence-electron chi connectivity index (χ3n) is 5.40. The Kier molecular flexibility index (Phi) is 4.93. The van der Waals surface area contributed by atoms with Crippen LogP contribution in [0.1, 0.15) is 34.0 Å². The Morgan fingerprint density at radius 1 is 1.31 bits per heavy atom. The molecule has 0 bridgehead atoms. The van der Waals surface area contributed by atoms with Crippen molar-refractivity contribution in [3.63, 3.8) is 0 Å². The summed E-state index contributed by atoms with van der Waals surface area (Å²) < 4.78 is 5.71. The van der Waals surface area contributed by atoms with Gasteiger partial charge in [-0.3, -0.25) is 4.79 Å². The SMILES string of the molecule is O=C(O)c1c(OC2CN(C(=O)Cc3cnc[nH]3)C2)ccc(C2CC2B(O)O)c1O. The van der Waals surface area contributed by atoms with Gasteiger partial charge in [0.1, 0.15) is 23.2 Å². The normalized spacial score (nSPS) is 20.8. The minimum atomic E-state index is -1.51. The number of imidazole rings is 1. The molecule has 2 atom stereocenters. The molecule has 1 aliphatic heterocycles. The molecule has 1 aromatic carbocycles. The summed E-state index contributed by atoms with van der Waals surface area (Å²) in [7, 11) is -1.51. The standard InChI is InChI=1S/C18H20BN3O7/c23-15(3-9-5-20-8-21-9)22-6-10(7-22)29-14-2-1-11(12-4-13(12)19(27)28)17(24)16(14)18(25)26/h1-2,5,8,10,12-13,24,27-28H,3-4,6-7H2,(H,20,21)(H,25,26). The van der Waals surface area contributed by atoms with Gasteiger partial charge in [0.25, 0.3) is 0 Å². The van der Waals surface area contributed by atoms with Crippen LogP contribution < -0.4 is 4.74 Å². The van der Waals surface area contributed by atoms with Gasteiger partial charge in [0, 0.05) is 17.7 Å². The molecule has 0 spiro atoms. The van der Waals surface area contributed by atoms with Crippen molar-refractivity contribution < 1.29 is 34.6 Å². The Labute approximate surface area is 165 Å². The van der Waals surface area contributed by atoms with Gasteiger partial charge < -0.3 is 34.9 Å². The Morgan fingerprint density at radius 2 is 2.07 bits per heavy atom. The van der Waals surface area contributed by atoms with Gasteiger partial charge in [-0.05, 0) is 24.0 Å². The molecule has 1 amide bonds. The molecule has 11 heteroatoms. The number of carbonyl (C=O) groups excluding carboxylic acids is 1. The quantitative estimate of drug-likeness (QED) is 0.405. The molecule has 29 heavy (non-hydrogen) atoms. The Balaban J connectivity index is 1.41. The summed E-state index contributed by atoms with van der Waals surface area (Å²) >= 11 is 0. The highest BCUT2D eigenvalue weighted by atomic mass is 16.5. The Hall–Kier alpha value is -3.05. The van der Waals surface area contributed by atoms with Crippen molar-refractivity contribution in [3.8, 4) is 11.5 Å². The zero-order valence-corrected chi connectivity index (χ0v) is 15.4. The first kappa shape index (κ1) is 19.3. The molecular formula is C18H20BN3O7. The largest absolute Gasteiger partial charge is 0.507 e. The predicted octanol–water partition coefficient (Wildman–Crippen LogP) is -0.0239. The van der Waals surface area contributed by atoms with E-state index in [9.17, 15) is 29.9 Å². The maximum Gasteiger partial charge on any atom is 0.455 e. The zero-order valence-electron chi connectivity index (χ0n) is 15.4. The topological polar surface area (TPSA) is 156 Å². The van der Waals surface area contributed by atoms with Gasteiger partial charge in [-0.25, -0.2) is 9.78 Å². The first-order valence-corrected chi connectivity index (χ1v) is 9.22. The number of likely N-dealkylation sites (tertiary alicyclic amines) is 1. The van der Waals surface area contributed by atoms with Crippen LogP contribution >= 0.6 is 0 Å². The number of carboxylic acids is 1. The number of hydrogen-bond acceptors (Lipinski definition) is 7. The molecule has 0 radical (unpaired) electrons. The minimum absolute atomic E-state index is 0.0196. The summed E-state index contributed by atoms with van der Waals surface area (Å²) in [6, 6.07) is 3.01. The maximum atomic E-state index is 12.2. The van der Waals surface area contributed by atoms with Gasteiger partial charge in [0.05, 0.1) is 25.8 Å². The van der Waals surface area contributed by atoms with Crippen LogP contribution in [0, 0.1) is 0 Å². The summed E-state index contributed by atoms with van der Waals surface area (Å²) in [5, 5.41) is 38.5. The minimum Gasteiger partial charge on any atom is -0.507 e. The number of hydrogen-bond donors (Lipinski definition) is 5. The molecule has 2 aliphatic rings. The van der Waals surface area contributed by atoms with E-state index in [1.54, 1.807) is 17.2 Å². The maximum absolute atomic E-state index is 12.2. The van der Waals surface area contributed by atoms with Crippen molar-refractivity contribution >= 4 is 19.0 Å². The summed E-state index contributed by atoms with van der Waals surface area (Å²) in [5.74, 6) is -2.56. The van der Waals surface area contributed by atoms with E-state index >= 15 is 0 Å². The number of aromatic nitrogens is 2. The van der Waals surface area contributed by atoms with Crippen molar-refractivity contribution in [1.29, 1.82) is 0 Å². The molecule has 2 fully saturated rings. The van der Waals surface area contributed by atoms with Crippen molar-refractivity contribution in [2.24, 2.45) is 0 Å². The lowest BCUT2D eigenvalue weighted by Gasteiger charge is -2.39. The summed E-state index contributed by atoms with van der Waals surface area (Å²) in [5.41, 5.74) is 0.708. The van der Waals surface area contributed by atoms with Crippen molar-refractivity contribution in [3.05, 3.63) is 41.5 Å². The van der Waals surface area contributed by atoms with E-state index in [2.05, 4.69) is 9.97 Å². The molecule has 4 rings (SSSR count). The van der Waals surface area contributed by atoms with E-state index in [1.807, 2.05) is 0 Å². The monoisotopic (exact) mass is 401 g/mol. The van der Waals surface area contributed by atoms with Crippen LogP contribution in [0.15, 0.2) is 24.7 Å². The first-order chi connectivity index (χ1) is 13.8. The average Bonchev–Trinajstić information content (AvgIpc) is 3.26. The number of aromatic hydroxyl groups is 1. The van der Waals surface area contributed by atoms with E-state index in [0.717, 1.165) is 0 Å². The molecule has 152 valence electrons. The highest BCUT2D eigenvalue weighted by molar-refractivity contribution is 6.44. The van der Waals surface area contributed by atoms with Crippen molar-refractivity contribution in [2.45, 2.75) is 30.7 Å². The molecule has 1 aliphatic carbocycles. The molecular weight excluding hydrogens is 381 g/mol. The van der Waals surface area contributed by atoms with Gasteiger partial charge in [-0.2, -0.15) is 0 Å². The number of aromatic amines is 1. The van der Waals surface area contributed by atoms with Gasteiger partial charge in [0.15, 0.2) is 0 Å². The fraction of sp³-hybridized carbons (Fsp3) is 0.389. The zero-order chi connectivity index (χ0) is 20.7. The lowest BCUT2D eigenvalue weighted by Crippen LogP contribution is -2.56. The van der Waals surface area contributed by atoms with Crippen molar-refractivity contribution in [1.82, 2.24) is 14.9 Å². The fourth-order valence-corrected chi connectivity index (χ4v) is 3.65. The summed E-state index contributed by atoms with van der Waals surface area (Å²) in [6.07, 6.45) is 3.36. The van der Waals surface area contributed by atoms with Crippen LogP contribution in [-0.2, 0) is 11.2 Å². The second kappa shape index (κ2) is 7.41. The van der Waals surface area contributed by atoms with Crippen LogP contribution in [0.2, 0.25) is 5.82 Å². The Morgan fingerprint density at radius 3 is 2.66 bits per heavy atom. The van der Waals surface area contributed by atoms with Gasteiger partial charge in [-0.15, -0.1) is 0 Å². The van der Waals surface area contributed by atoms with Gasteiger partial charge in [0.2, 0.25) is 5.91 Å². The number of rotatable bonds is 7. The van der Waals surface area contributed by atoms with E-state index in [1.165, 1.54) is 12.4 Å². The highest BCUT2D eigenvalue weighted by Crippen LogP contribution is 2.56. The number of carboxylic acid groups (broad SMARTS) is 1. The van der Waals surface area contributed by atoms with Crippen molar-refractivity contribution in [2.75, 3.05) is 13.1 Å². The number of amides is 1. The first-order valence-electron chi connectivity index (χ1n) is 9.22. The molecule has 5 N–H and O–H groups in total. The molecule has 1 aromatic heterocycles. The van der Waals surface area contributed by atoms with Crippen LogP contribution in [-0.4, -0.2) is 73.3 Å². The smallest absolute Gasteiger partial charge is 0.455 e. The molecule has 2 aromatic rings. The third-order valence-corrected chi connectivity index (χ3v) is 5.40. The molecule has 2 unspecified atom stereocenters. The van der Waals surface area contributed by atoms with Gasteiger partial charge in [-0.1, -0.05) is 6.07 Å². The number of benzene rings is 1. The van der Waals surface area contributed by atoms with E-state index in [-0.39, 0.29) is 35.7 Å². The van der Waals surface area contributed by atoms with Crippen LogP contribution in [0.25, 0.3) is 0 Å². The Bertz CT molecular complexity index is 928. The molecule has 1 saturated carbocycles. The average molecular weight is 401 g/mol. The number of phenols is 1. The number of nitrogens with one attached hydrogen (secondary N) is 1. The summed E-state index contributed by atoms with van der Waals surface area (Å²) in [4.78, 5) is 32.2. The number of aromatic carboxylic acids is 1. The fourth-order valence-electron chi connectivity index (χ4n) is 3.65. The number of nitrogens with zero attached hydrogens (tertiary/aromatic N) is 2. The summed E-state index contributed by atoms with van der Waals surface area (Å²) in [6.45, 7) is 0.631. The lowest BCUT2D eigenvalue weighted by atomic mass is 9.81. The van der Waals surface area contributed by atoms with Gasteiger partial charge >= 0.3 is 13.1 Å².